The molecule has 0 bridgehead atoms. The molecule has 0 radical (unpaired) electrons. The zero-order valence-corrected chi connectivity index (χ0v) is 14.8. The molecule has 1 saturated heterocycles. The van der Waals surface area contributed by atoms with E-state index in [4.69, 9.17) is 0 Å². The lowest BCUT2D eigenvalue weighted by atomic mass is 10.1. The Hall–Kier alpha value is -2.74. The number of hydrogen-bond donors (Lipinski definition) is 3. The predicted molar refractivity (Wildman–Crippen MR) is 98.7 cm³/mol. The van der Waals surface area contributed by atoms with Crippen LogP contribution in [0.1, 0.15) is 23.3 Å². The summed E-state index contributed by atoms with van der Waals surface area (Å²) >= 11 is 0. The fourth-order valence-corrected chi connectivity index (χ4v) is 3.37. The van der Waals surface area contributed by atoms with Crippen molar-refractivity contribution in [3.05, 3.63) is 41.8 Å². The highest BCUT2D eigenvalue weighted by atomic mass is 19.1. The van der Waals surface area contributed by atoms with E-state index in [9.17, 15) is 13.6 Å². The van der Waals surface area contributed by atoms with Gasteiger partial charge in [0.05, 0.1) is 5.69 Å². The predicted octanol–water partition coefficient (Wildman–Crippen LogP) is 2.86. The minimum Gasteiger partial charge on any atom is -0.353 e. The van der Waals surface area contributed by atoms with Crippen LogP contribution in [0.25, 0.3) is 22.3 Å². The number of amides is 1. The van der Waals surface area contributed by atoms with Crippen LogP contribution in [0.3, 0.4) is 0 Å². The van der Waals surface area contributed by atoms with Crippen LogP contribution in [0.15, 0.2) is 30.3 Å². The molecule has 2 aromatic heterocycles. The molecule has 3 aromatic rings. The minimum absolute atomic E-state index is 0.240. The van der Waals surface area contributed by atoms with E-state index in [1.807, 2.05) is 0 Å². The number of carbonyl (C=O) groups excluding carboxylic acids is 1. The lowest BCUT2D eigenvalue weighted by Gasteiger charge is -2.28. The van der Waals surface area contributed by atoms with Gasteiger partial charge in [-0.2, -0.15) is 5.10 Å². The second-order valence-electron chi connectivity index (χ2n) is 6.85. The van der Waals surface area contributed by atoms with Gasteiger partial charge in [-0.05, 0) is 43.2 Å². The maximum atomic E-state index is 13.3. The van der Waals surface area contributed by atoms with Crippen molar-refractivity contribution in [1.29, 1.82) is 0 Å². The third kappa shape index (κ3) is 4.00. The lowest BCUT2D eigenvalue weighted by molar-refractivity contribution is 0.0935. The average Bonchev–Trinajstić information content (AvgIpc) is 3.29. The molecule has 1 aromatic carbocycles. The Morgan fingerprint density at radius 2 is 2.07 bits per heavy atom. The summed E-state index contributed by atoms with van der Waals surface area (Å²) < 4.78 is 26.4. The Morgan fingerprint density at radius 3 is 2.89 bits per heavy atom. The number of likely N-dealkylation sites (tertiary alicyclic amines) is 1. The van der Waals surface area contributed by atoms with Gasteiger partial charge in [0.15, 0.2) is 0 Å². The van der Waals surface area contributed by atoms with E-state index in [2.05, 4.69) is 25.4 Å². The summed E-state index contributed by atoms with van der Waals surface area (Å²) in [6.07, 6.45) is 0.429. The third-order valence-electron chi connectivity index (χ3n) is 4.91. The number of rotatable bonds is 5. The molecule has 0 spiro atoms. The SMILES string of the molecule is O=C(NCCN1CCC(F)CC1)c1cc(-c2cc3cc(F)ccc3[nH]2)n[nH]1. The van der Waals surface area contributed by atoms with Gasteiger partial charge in [-0.15, -0.1) is 0 Å². The van der Waals surface area contributed by atoms with Gasteiger partial charge in [-0.3, -0.25) is 9.89 Å². The summed E-state index contributed by atoms with van der Waals surface area (Å²) in [5, 5.41) is 10.5. The highest BCUT2D eigenvalue weighted by Crippen LogP contribution is 2.23. The normalized spacial score (nSPS) is 16.1. The van der Waals surface area contributed by atoms with Gasteiger partial charge in [0.1, 0.15) is 23.4 Å². The Labute approximate surface area is 154 Å². The van der Waals surface area contributed by atoms with E-state index >= 15 is 0 Å². The molecule has 0 atom stereocenters. The molecule has 142 valence electrons. The van der Waals surface area contributed by atoms with Crippen LogP contribution in [-0.2, 0) is 0 Å². The first kappa shape index (κ1) is 17.7. The largest absolute Gasteiger partial charge is 0.353 e. The van der Waals surface area contributed by atoms with Crippen LogP contribution >= 0.6 is 0 Å². The van der Waals surface area contributed by atoms with E-state index in [-0.39, 0.29) is 11.7 Å². The number of carbonyl (C=O) groups is 1. The van der Waals surface area contributed by atoms with Crippen molar-refractivity contribution in [2.75, 3.05) is 26.2 Å². The molecule has 3 heterocycles. The van der Waals surface area contributed by atoms with Crippen LogP contribution in [0.2, 0.25) is 0 Å². The topological polar surface area (TPSA) is 76.8 Å². The van der Waals surface area contributed by atoms with Crippen molar-refractivity contribution >= 4 is 16.8 Å². The second-order valence-corrected chi connectivity index (χ2v) is 6.85. The molecular weight excluding hydrogens is 352 g/mol. The van der Waals surface area contributed by atoms with E-state index in [0.717, 1.165) is 24.0 Å². The van der Waals surface area contributed by atoms with Crippen molar-refractivity contribution in [3.8, 4) is 11.4 Å². The Balaban J connectivity index is 1.36. The molecule has 1 aliphatic heterocycles. The molecule has 0 saturated carbocycles. The number of fused-ring (bicyclic) bond motifs is 1. The van der Waals surface area contributed by atoms with Crippen molar-refractivity contribution in [2.24, 2.45) is 0 Å². The smallest absolute Gasteiger partial charge is 0.269 e. The van der Waals surface area contributed by atoms with Gasteiger partial charge < -0.3 is 15.2 Å². The molecule has 6 nitrogen and oxygen atoms in total. The maximum Gasteiger partial charge on any atom is 0.269 e. The molecule has 1 amide bonds. The zero-order valence-electron chi connectivity index (χ0n) is 14.8. The molecule has 4 rings (SSSR count). The number of aromatic nitrogens is 3. The monoisotopic (exact) mass is 373 g/mol. The number of piperidine rings is 1. The van der Waals surface area contributed by atoms with E-state index in [1.165, 1.54) is 12.1 Å². The standard InChI is InChI=1S/C19H21F2N5O/c20-13-3-6-26(7-4-13)8-5-22-19(27)18-11-17(24-25-18)16-10-12-9-14(21)1-2-15(12)23-16/h1-2,9-11,13,23H,3-8H2,(H,22,27)(H,24,25). The molecule has 8 heteroatoms. The Kier molecular flexibility index (Phi) is 4.89. The number of nitrogens with zero attached hydrogens (tertiary/aromatic N) is 2. The quantitative estimate of drug-likeness (QED) is 0.644. The second kappa shape index (κ2) is 7.48. The summed E-state index contributed by atoms with van der Waals surface area (Å²) in [6.45, 7) is 2.65. The first-order chi connectivity index (χ1) is 13.1. The molecule has 1 fully saturated rings. The van der Waals surface area contributed by atoms with Crippen molar-refractivity contribution in [2.45, 2.75) is 19.0 Å². The maximum absolute atomic E-state index is 13.3. The number of H-pyrrole nitrogens is 2. The highest BCUT2D eigenvalue weighted by molar-refractivity contribution is 5.93. The van der Waals surface area contributed by atoms with Crippen molar-refractivity contribution in [3.63, 3.8) is 0 Å². The average molecular weight is 373 g/mol. The number of halogens is 2. The molecule has 0 unspecified atom stereocenters. The molecule has 27 heavy (non-hydrogen) atoms. The van der Waals surface area contributed by atoms with Crippen LogP contribution in [0.5, 0.6) is 0 Å². The van der Waals surface area contributed by atoms with E-state index in [0.29, 0.717) is 43.0 Å². The Morgan fingerprint density at radius 1 is 1.26 bits per heavy atom. The molecule has 3 N–H and O–H groups in total. The van der Waals surface area contributed by atoms with Crippen molar-refractivity contribution < 1.29 is 13.6 Å². The fraction of sp³-hybridized carbons (Fsp3) is 0.368. The summed E-state index contributed by atoms with van der Waals surface area (Å²) in [5.41, 5.74) is 2.46. The highest BCUT2D eigenvalue weighted by Gasteiger charge is 2.18. The third-order valence-corrected chi connectivity index (χ3v) is 4.91. The van der Waals surface area contributed by atoms with Crippen LogP contribution in [0, 0.1) is 5.82 Å². The van der Waals surface area contributed by atoms with Crippen LogP contribution in [0.4, 0.5) is 8.78 Å². The number of alkyl halides is 1. The van der Waals surface area contributed by atoms with E-state index in [1.54, 1.807) is 18.2 Å². The van der Waals surface area contributed by atoms with Gasteiger partial charge >= 0.3 is 0 Å². The lowest BCUT2D eigenvalue weighted by Crippen LogP contribution is -2.40. The van der Waals surface area contributed by atoms with Crippen LogP contribution < -0.4 is 5.32 Å². The number of aromatic amines is 2. The van der Waals surface area contributed by atoms with E-state index < -0.39 is 6.17 Å². The summed E-state index contributed by atoms with van der Waals surface area (Å²) in [4.78, 5) is 17.6. The minimum atomic E-state index is -0.694. The Bertz CT molecular complexity index is 943. The fourth-order valence-electron chi connectivity index (χ4n) is 3.37. The molecule has 1 aliphatic rings. The van der Waals surface area contributed by atoms with Gasteiger partial charge in [0.25, 0.3) is 5.91 Å². The van der Waals surface area contributed by atoms with Crippen LogP contribution in [-0.4, -0.2) is 58.3 Å². The number of nitrogens with one attached hydrogen (secondary N) is 3. The summed E-state index contributed by atoms with van der Waals surface area (Å²) in [6, 6.07) is 7.96. The molecular formula is C19H21F2N5O. The first-order valence-electron chi connectivity index (χ1n) is 9.07. The number of benzene rings is 1. The van der Waals surface area contributed by atoms with Gasteiger partial charge in [0.2, 0.25) is 0 Å². The van der Waals surface area contributed by atoms with Crippen molar-refractivity contribution in [1.82, 2.24) is 25.4 Å². The number of hydrogen-bond acceptors (Lipinski definition) is 3. The first-order valence-corrected chi connectivity index (χ1v) is 9.07. The summed E-state index contributed by atoms with van der Waals surface area (Å²) in [5.74, 6) is -0.540. The van der Waals surface area contributed by atoms with Gasteiger partial charge in [0, 0.05) is 37.1 Å². The summed E-state index contributed by atoms with van der Waals surface area (Å²) in [7, 11) is 0. The van der Waals surface area contributed by atoms with Gasteiger partial charge in [-0.1, -0.05) is 0 Å². The zero-order chi connectivity index (χ0) is 18.8. The van der Waals surface area contributed by atoms with Gasteiger partial charge in [-0.25, -0.2) is 8.78 Å². The molecule has 0 aliphatic carbocycles.